The topological polar surface area (TPSA) is 36.9 Å². The van der Waals surface area contributed by atoms with Crippen LogP contribution in [0.3, 0.4) is 0 Å². The van der Waals surface area contributed by atoms with Gasteiger partial charge in [-0.05, 0) is 10.8 Å². The van der Waals surface area contributed by atoms with Crippen molar-refractivity contribution < 1.29 is 4.84 Å². The summed E-state index contributed by atoms with van der Waals surface area (Å²) >= 11 is 36.9. The Morgan fingerprint density at radius 2 is 1.58 bits per heavy atom. The van der Waals surface area contributed by atoms with Gasteiger partial charge in [0.05, 0.1) is 12.7 Å². The zero-order chi connectivity index (χ0) is 19.1. The van der Waals surface area contributed by atoms with Crippen molar-refractivity contribution in [3.63, 3.8) is 0 Å². The van der Waals surface area contributed by atoms with E-state index in [0.29, 0.717) is 11.3 Å². The zero-order valence-corrected chi connectivity index (χ0v) is 17.6. The van der Waals surface area contributed by atoms with E-state index in [1.54, 1.807) is 0 Å². The highest BCUT2D eigenvalue weighted by Gasteiger charge is 2.45. The van der Waals surface area contributed by atoms with Gasteiger partial charge < -0.3 is 0 Å². The van der Waals surface area contributed by atoms with Crippen LogP contribution in [0.25, 0.3) is 16.5 Å². The van der Waals surface area contributed by atoms with Crippen molar-refractivity contribution in [1.29, 1.82) is 0 Å². The van der Waals surface area contributed by atoms with E-state index in [4.69, 9.17) is 74.4 Å². The molecule has 0 unspecified atom stereocenters. The van der Waals surface area contributed by atoms with Gasteiger partial charge in [-0.3, -0.25) is 4.84 Å². The molecule has 2 aromatic rings. The van der Waals surface area contributed by atoms with E-state index in [1.165, 1.54) is 12.3 Å². The second kappa shape index (κ2) is 7.44. The smallest absolute Gasteiger partial charge is 0.234 e. The molecular formula is C16H11Cl6N3O. The van der Waals surface area contributed by atoms with Gasteiger partial charge in [0.2, 0.25) is 7.59 Å². The molecule has 0 aromatic heterocycles. The molecule has 0 radical (unpaired) electrons. The first-order valence-corrected chi connectivity index (χ1v) is 9.46. The number of hydrazine groups is 1. The Morgan fingerprint density at radius 1 is 0.923 bits per heavy atom. The fourth-order valence-electron chi connectivity index (χ4n) is 2.70. The van der Waals surface area contributed by atoms with Crippen molar-refractivity contribution in [2.45, 2.75) is 7.59 Å². The minimum atomic E-state index is -1.94. The van der Waals surface area contributed by atoms with E-state index in [1.807, 2.05) is 42.5 Å². The van der Waals surface area contributed by atoms with Crippen LogP contribution in [0.15, 0.2) is 53.1 Å². The van der Waals surface area contributed by atoms with Crippen molar-refractivity contribution in [3.05, 3.63) is 53.6 Å². The number of halogens is 6. The summed E-state index contributed by atoms with van der Waals surface area (Å²) in [4.78, 5) is 5.35. The number of alkyl halides is 6. The number of nitrogens with one attached hydrogen (secondary N) is 1. The van der Waals surface area contributed by atoms with E-state index in [0.717, 1.165) is 10.8 Å². The van der Waals surface area contributed by atoms with Gasteiger partial charge in [-0.1, -0.05) is 112 Å². The maximum Gasteiger partial charge on any atom is 0.234 e. The summed E-state index contributed by atoms with van der Waals surface area (Å²) in [6, 6.07) is 13.4. The summed E-state index contributed by atoms with van der Waals surface area (Å²) in [5.74, 6) is 0. The molecule has 26 heavy (non-hydrogen) atoms. The average Bonchev–Trinajstić information content (AvgIpc) is 2.58. The minimum absolute atomic E-state index is 0.0428. The first kappa shape index (κ1) is 20.2. The van der Waals surface area contributed by atoms with Crippen LogP contribution in [0.2, 0.25) is 0 Å². The Labute approximate surface area is 180 Å². The lowest BCUT2D eigenvalue weighted by atomic mass is 9.97. The van der Waals surface area contributed by atoms with Crippen LogP contribution in [-0.2, 0) is 4.84 Å². The highest BCUT2D eigenvalue weighted by molar-refractivity contribution is 6.80. The van der Waals surface area contributed by atoms with Crippen LogP contribution < -0.4 is 5.53 Å². The molecule has 1 aliphatic heterocycles. The lowest BCUT2D eigenvalue weighted by Gasteiger charge is -2.35. The fourth-order valence-corrected chi connectivity index (χ4v) is 3.64. The normalized spacial score (nSPS) is 16.0. The first-order valence-electron chi connectivity index (χ1n) is 7.19. The monoisotopic (exact) mass is 471 g/mol. The highest BCUT2D eigenvalue weighted by atomic mass is 35.6. The fraction of sp³-hybridized carbons (Fsp3) is 0.188. The average molecular weight is 474 g/mol. The van der Waals surface area contributed by atoms with Crippen molar-refractivity contribution in [1.82, 2.24) is 10.7 Å². The largest absolute Gasteiger partial charge is 0.256 e. The molecule has 0 bridgehead atoms. The molecule has 1 aliphatic rings. The number of benzene rings is 2. The molecule has 0 fully saturated rings. The summed E-state index contributed by atoms with van der Waals surface area (Å²) in [7, 11) is 1.43. The second-order valence-electron chi connectivity index (χ2n) is 5.28. The summed E-state index contributed by atoms with van der Waals surface area (Å²) in [5.41, 5.74) is 3.79. The van der Waals surface area contributed by atoms with Gasteiger partial charge in [0.1, 0.15) is 11.4 Å². The summed E-state index contributed by atoms with van der Waals surface area (Å²) in [6.45, 7) is 0. The lowest BCUT2D eigenvalue weighted by Crippen LogP contribution is -2.44. The van der Waals surface area contributed by atoms with Crippen LogP contribution in [0.4, 0.5) is 0 Å². The number of nitrogens with zero attached hydrogens (tertiary/aromatic N) is 2. The van der Waals surface area contributed by atoms with E-state index in [9.17, 15) is 0 Å². The Balaban J connectivity index is 2.40. The Morgan fingerprint density at radius 3 is 2.19 bits per heavy atom. The Bertz CT molecular complexity index is 895. The van der Waals surface area contributed by atoms with Gasteiger partial charge >= 0.3 is 0 Å². The number of hydroxylamine groups is 1. The molecule has 10 heteroatoms. The zero-order valence-electron chi connectivity index (χ0n) is 13.1. The molecule has 0 aliphatic carbocycles. The van der Waals surface area contributed by atoms with Gasteiger partial charge in [-0.15, -0.1) is 5.17 Å². The third-order valence-corrected chi connectivity index (χ3v) is 4.81. The molecular weight excluding hydrogens is 463 g/mol. The van der Waals surface area contributed by atoms with Crippen molar-refractivity contribution in [2.75, 3.05) is 7.11 Å². The highest BCUT2D eigenvalue weighted by Crippen LogP contribution is 2.47. The third-order valence-electron chi connectivity index (χ3n) is 3.71. The predicted octanol–water partition coefficient (Wildman–Crippen LogP) is 6.03. The molecule has 0 spiro atoms. The molecule has 138 valence electrons. The number of allylic oxidation sites excluding steroid dienone is 1. The second-order valence-corrected chi connectivity index (χ2v) is 9.85. The van der Waals surface area contributed by atoms with Gasteiger partial charge in [-0.2, -0.15) is 10.6 Å². The number of rotatable bonds is 2. The van der Waals surface area contributed by atoms with Gasteiger partial charge in [-0.25, -0.2) is 0 Å². The summed E-state index contributed by atoms with van der Waals surface area (Å²) in [5, 5.41) is 7.14. The van der Waals surface area contributed by atoms with Crippen molar-refractivity contribution >= 4 is 91.8 Å². The van der Waals surface area contributed by atoms with Crippen LogP contribution in [0, 0.1) is 0 Å². The number of hydrogen-bond donors (Lipinski definition) is 1. The van der Waals surface area contributed by atoms with E-state index < -0.39 is 7.59 Å². The Kier molecular flexibility index (Phi) is 5.76. The standard InChI is InChI=1S/C16H11Cl6N3O/c1-26-25-13(11-8-4-6-9-5-2-3-7-10(9)11)12(15(17,18)19)14(23-24-25)16(20,21)22/h2-8,24H,1H3. The molecule has 0 amide bonds. The van der Waals surface area contributed by atoms with Crippen molar-refractivity contribution in [3.8, 4) is 0 Å². The predicted molar refractivity (Wildman–Crippen MR) is 111 cm³/mol. The van der Waals surface area contributed by atoms with Crippen LogP contribution in [0.5, 0.6) is 0 Å². The first-order chi connectivity index (χ1) is 12.1. The molecule has 0 saturated carbocycles. The maximum atomic E-state index is 6.24. The number of hydrogen-bond acceptors (Lipinski definition) is 4. The minimum Gasteiger partial charge on any atom is -0.256 e. The van der Waals surface area contributed by atoms with Crippen LogP contribution >= 0.6 is 69.6 Å². The Hall–Kier alpha value is -0.590. The SMILES string of the molecule is CON1NN=C(C(Cl)(Cl)Cl)C(C(Cl)(Cl)Cl)=C1c1cccc2ccccc12. The van der Waals surface area contributed by atoms with Crippen molar-refractivity contribution in [2.24, 2.45) is 5.10 Å². The number of hydrazone groups is 1. The maximum absolute atomic E-state index is 6.24. The molecule has 2 aromatic carbocycles. The lowest BCUT2D eigenvalue weighted by molar-refractivity contribution is -0.118. The van der Waals surface area contributed by atoms with E-state index in [-0.39, 0.29) is 11.3 Å². The molecule has 3 rings (SSSR count). The van der Waals surface area contributed by atoms with Crippen LogP contribution in [-0.4, -0.2) is 25.6 Å². The van der Waals surface area contributed by atoms with Crippen LogP contribution in [0.1, 0.15) is 5.56 Å². The summed E-state index contributed by atoms with van der Waals surface area (Å²) in [6.07, 6.45) is 0. The molecule has 1 N–H and O–H groups in total. The van der Waals surface area contributed by atoms with E-state index in [2.05, 4.69) is 10.6 Å². The quantitative estimate of drug-likeness (QED) is 0.541. The van der Waals surface area contributed by atoms with E-state index >= 15 is 0 Å². The third kappa shape index (κ3) is 3.83. The molecule has 0 saturated heterocycles. The molecule has 0 atom stereocenters. The van der Waals surface area contributed by atoms with Gasteiger partial charge in [0.25, 0.3) is 0 Å². The molecule has 1 heterocycles. The summed E-state index contributed by atoms with van der Waals surface area (Å²) < 4.78 is -3.87. The number of fused-ring (bicyclic) bond motifs is 1. The molecule has 4 nitrogen and oxygen atoms in total. The van der Waals surface area contributed by atoms with Gasteiger partial charge in [0.15, 0.2) is 0 Å². The van der Waals surface area contributed by atoms with Gasteiger partial charge in [0, 0.05) is 5.56 Å².